The summed E-state index contributed by atoms with van der Waals surface area (Å²) in [5.74, 6) is -0.284. The quantitative estimate of drug-likeness (QED) is 0.581. The zero-order valence-corrected chi connectivity index (χ0v) is 18.3. The first-order valence-electron chi connectivity index (χ1n) is 10.0. The van der Waals surface area contributed by atoms with Gasteiger partial charge < -0.3 is 5.32 Å². The average molecular weight is 500 g/mol. The highest BCUT2D eigenvalue weighted by Crippen LogP contribution is 2.32. The maximum absolute atomic E-state index is 12.7. The Hall–Kier alpha value is -2.42. The summed E-state index contributed by atoms with van der Waals surface area (Å²) in [5, 5.41) is 13.9. The standard InChI is InChI=1S/C18H22F6N6O2S/c1-29(10-17(19,20)21)33(31,32)13-7-8-15(25-12-5-3-2-4-6-12)14(9-13)16-26-28-30(27-16)11-18(22,23)24/h7-9,12,25H,2-6,10-11H2,1H3. The Morgan fingerprint density at radius 1 is 1.09 bits per heavy atom. The van der Waals surface area contributed by atoms with Gasteiger partial charge in [-0.3, -0.25) is 0 Å². The fourth-order valence-corrected chi connectivity index (χ4v) is 4.74. The maximum atomic E-state index is 12.7. The van der Waals surface area contributed by atoms with Gasteiger partial charge in [-0.1, -0.05) is 19.3 Å². The molecule has 0 spiro atoms. The summed E-state index contributed by atoms with van der Waals surface area (Å²) in [6, 6.07) is 3.57. The number of anilines is 1. The van der Waals surface area contributed by atoms with Crippen molar-refractivity contribution in [3.63, 3.8) is 0 Å². The minimum absolute atomic E-state index is 0.0236. The zero-order chi connectivity index (χ0) is 24.4. The minimum Gasteiger partial charge on any atom is -0.382 e. The smallest absolute Gasteiger partial charge is 0.382 e. The molecule has 1 aromatic heterocycles. The molecule has 1 fully saturated rings. The summed E-state index contributed by atoms with van der Waals surface area (Å²) in [6.07, 6.45) is -4.67. The van der Waals surface area contributed by atoms with Crippen molar-refractivity contribution in [1.29, 1.82) is 0 Å². The number of nitrogens with zero attached hydrogens (tertiary/aromatic N) is 5. The van der Waals surface area contributed by atoms with Crippen LogP contribution in [0.25, 0.3) is 11.4 Å². The van der Waals surface area contributed by atoms with Crippen molar-refractivity contribution in [2.75, 3.05) is 18.9 Å². The van der Waals surface area contributed by atoms with Crippen LogP contribution in [0.2, 0.25) is 0 Å². The van der Waals surface area contributed by atoms with Gasteiger partial charge >= 0.3 is 12.4 Å². The Kier molecular flexibility index (Phi) is 7.21. The molecule has 184 valence electrons. The van der Waals surface area contributed by atoms with Gasteiger partial charge in [-0.25, -0.2) is 8.42 Å². The van der Waals surface area contributed by atoms with Crippen LogP contribution < -0.4 is 5.32 Å². The van der Waals surface area contributed by atoms with Crippen LogP contribution in [0.1, 0.15) is 32.1 Å². The molecule has 3 rings (SSSR count). The second-order valence-corrected chi connectivity index (χ2v) is 9.87. The molecule has 8 nitrogen and oxygen atoms in total. The van der Waals surface area contributed by atoms with E-state index >= 15 is 0 Å². The van der Waals surface area contributed by atoms with Gasteiger partial charge in [0.1, 0.15) is 6.54 Å². The summed E-state index contributed by atoms with van der Waals surface area (Å²) in [5.41, 5.74) is 0.376. The van der Waals surface area contributed by atoms with Crippen LogP contribution >= 0.6 is 0 Å². The molecule has 2 aromatic rings. The predicted molar refractivity (Wildman–Crippen MR) is 106 cm³/mol. The number of sulfonamides is 1. The number of aromatic nitrogens is 4. The molecule has 1 saturated carbocycles. The molecular formula is C18H22F6N6O2S. The van der Waals surface area contributed by atoms with Crippen molar-refractivity contribution in [3.05, 3.63) is 18.2 Å². The normalized spacial score (nSPS) is 16.4. The lowest BCUT2D eigenvalue weighted by atomic mass is 9.95. The summed E-state index contributed by atoms with van der Waals surface area (Å²) >= 11 is 0. The first-order valence-corrected chi connectivity index (χ1v) is 11.5. The number of nitrogens with one attached hydrogen (secondary N) is 1. The highest BCUT2D eigenvalue weighted by atomic mass is 32.2. The van der Waals surface area contributed by atoms with Crippen LogP contribution in [0.4, 0.5) is 32.0 Å². The SMILES string of the molecule is CN(CC(F)(F)F)S(=O)(=O)c1ccc(NC2CCCCC2)c(-c2nnn(CC(F)(F)F)n2)c1. The summed E-state index contributed by atoms with van der Waals surface area (Å²) in [6.45, 7) is -3.20. The number of rotatable bonds is 7. The third-order valence-electron chi connectivity index (χ3n) is 5.08. The highest BCUT2D eigenvalue weighted by Gasteiger charge is 2.35. The van der Waals surface area contributed by atoms with E-state index in [1.54, 1.807) is 0 Å². The number of halogens is 6. The highest BCUT2D eigenvalue weighted by molar-refractivity contribution is 7.89. The fraction of sp³-hybridized carbons (Fsp3) is 0.611. The number of benzene rings is 1. The topological polar surface area (TPSA) is 93.0 Å². The van der Waals surface area contributed by atoms with E-state index in [0.717, 1.165) is 51.3 Å². The lowest BCUT2D eigenvalue weighted by molar-refractivity contribution is -0.145. The Morgan fingerprint density at radius 2 is 1.76 bits per heavy atom. The molecule has 0 unspecified atom stereocenters. The van der Waals surface area contributed by atoms with Crippen molar-refractivity contribution in [3.8, 4) is 11.4 Å². The monoisotopic (exact) mass is 500 g/mol. The van der Waals surface area contributed by atoms with Crippen molar-refractivity contribution < 1.29 is 34.8 Å². The molecule has 15 heteroatoms. The van der Waals surface area contributed by atoms with E-state index < -0.39 is 40.4 Å². The van der Waals surface area contributed by atoms with E-state index in [1.165, 1.54) is 6.07 Å². The number of hydrogen-bond donors (Lipinski definition) is 1. The number of alkyl halides is 6. The molecule has 0 saturated heterocycles. The fourth-order valence-electron chi connectivity index (χ4n) is 3.56. The Bertz CT molecular complexity index is 1060. The molecule has 1 heterocycles. The summed E-state index contributed by atoms with van der Waals surface area (Å²) in [4.78, 5) is -0.165. The van der Waals surface area contributed by atoms with Gasteiger partial charge in [0.2, 0.25) is 15.8 Å². The lowest BCUT2D eigenvalue weighted by Crippen LogP contribution is -2.35. The minimum atomic E-state index is -4.75. The van der Waals surface area contributed by atoms with Gasteiger partial charge in [0.15, 0.2) is 6.54 Å². The van der Waals surface area contributed by atoms with E-state index in [9.17, 15) is 34.8 Å². The number of tetrazole rings is 1. The lowest BCUT2D eigenvalue weighted by Gasteiger charge is -2.25. The third-order valence-corrected chi connectivity index (χ3v) is 6.88. The van der Waals surface area contributed by atoms with Gasteiger partial charge in [-0.15, -0.1) is 10.2 Å². The van der Waals surface area contributed by atoms with Gasteiger partial charge in [-0.2, -0.15) is 35.4 Å². The molecule has 0 aliphatic heterocycles. The molecule has 0 atom stereocenters. The summed E-state index contributed by atoms with van der Waals surface area (Å²) in [7, 11) is -3.77. The van der Waals surface area contributed by atoms with Crippen molar-refractivity contribution in [2.45, 2.75) is 61.9 Å². The molecule has 1 aliphatic carbocycles. The van der Waals surface area contributed by atoms with E-state index in [4.69, 9.17) is 0 Å². The maximum Gasteiger partial charge on any atom is 0.409 e. The van der Waals surface area contributed by atoms with Crippen LogP contribution in [-0.4, -0.2) is 64.9 Å². The van der Waals surface area contributed by atoms with Crippen LogP contribution in [-0.2, 0) is 16.6 Å². The second kappa shape index (κ2) is 9.44. The number of hydrogen-bond acceptors (Lipinski definition) is 6. The van der Waals surface area contributed by atoms with Crippen molar-refractivity contribution in [2.24, 2.45) is 0 Å². The third kappa shape index (κ3) is 6.79. The van der Waals surface area contributed by atoms with Crippen LogP contribution in [0.3, 0.4) is 0 Å². The molecule has 0 bridgehead atoms. The first kappa shape index (κ1) is 25.2. The van der Waals surface area contributed by atoms with E-state index in [1.807, 2.05) is 0 Å². The molecule has 33 heavy (non-hydrogen) atoms. The predicted octanol–water partition coefficient (Wildman–Crippen LogP) is 3.83. The molecule has 1 aromatic carbocycles. The van der Waals surface area contributed by atoms with Gasteiger partial charge in [-0.05, 0) is 36.3 Å². The van der Waals surface area contributed by atoms with Crippen LogP contribution in [0.15, 0.2) is 23.1 Å². The second-order valence-electron chi connectivity index (χ2n) is 7.82. The molecular weight excluding hydrogens is 478 g/mol. The van der Waals surface area contributed by atoms with Gasteiger partial charge in [0, 0.05) is 24.3 Å². The Morgan fingerprint density at radius 3 is 2.36 bits per heavy atom. The van der Waals surface area contributed by atoms with Crippen LogP contribution in [0.5, 0.6) is 0 Å². The zero-order valence-electron chi connectivity index (χ0n) is 17.5. The van der Waals surface area contributed by atoms with E-state index in [0.29, 0.717) is 10.5 Å². The van der Waals surface area contributed by atoms with Crippen molar-refractivity contribution in [1.82, 2.24) is 24.5 Å². The Balaban J connectivity index is 1.99. The van der Waals surface area contributed by atoms with E-state index in [2.05, 4.69) is 20.7 Å². The largest absolute Gasteiger partial charge is 0.409 e. The van der Waals surface area contributed by atoms with Gasteiger partial charge in [0.05, 0.1) is 4.90 Å². The molecule has 0 amide bonds. The summed E-state index contributed by atoms with van der Waals surface area (Å²) < 4.78 is 102. The molecule has 0 radical (unpaired) electrons. The molecule has 1 N–H and O–H groups in total. The van der Waals surface area contributed by atoms with Gasteiger partial charge in [0.25, 0.3) is 0 Å². The average Bonchev–Trinajstić information content (AvgIpc) is 3.14. The van der Waals surface area contributed by atoms with Crippen molar-refractivity contribution >= 4 is 15.7 Å². The van der Waals surface area contributed by atoms with Crippen LogP contribution in [0, 0.1) is 0 Å². The molecule has 1 aliphatic rings. The first-order chi connectivity index (χ1) is 15.2. The Labute approximate surface area is 186 Å². The van der Waals surface area contributed by atoms with E-state index in [-0.39, 0.29) is 21.7 Å².